The quantitative estimate of drug-likeness (QED) is 0.367. The van der Waals surface area contributed by atoms with Crippen molar-refractivity contribution in [1.82, 2.24) is 0 Å². The van der Waals surface area contributed by atoms with Gasteiger partial charge in [-0.3, -0.25) is 0 Å². The van der Waals surface area contributed by atoms with Crippen molar-refractivity contribution in [2.45, 2.75) is 0 Å². The average molecular weight is 238 g/mol. The number of halogens is 1. The summed E-state index contributed by atoms with van der Waals surface area (Å²) in [6, 6.07) is 0. The first-order valence-corrected chi connectivity index (χ1v) is 2.35. The fourth-order valence-corrected chi connectivity index (χ4v) is 0. The molecule has 0 aromatic carbocycles. The summed E-state index contributed by atoms with van der Waals surface area (Å²) in [5.41, 5.74) is 0. The van der Waals surface area contributed by atoms with E-state index in [9.17, 15) is 0 Å². The molecule has 3 N–H and O–H groups in total. The van der Waals surface area contributed by atoms with Gasteiger partial charge in [-0.15, -0.1) is 12.4 Å². The van der Waals surface area contributed by atoms with Crippen molar-refractivity contribution < 1.29 is 36.3 Å². The Morgan fingerprint density at radius 3 is 1.12 bits per heavy atom. The molecule has 0 aromatic rings. The van der Waals surface area contributed by atoms with Gasteiger partial charge in [-0.1, -0.05) is 0 Å². The van der Waals surface area contributed by atoms with Crippen molar-refractivity contribution in [3.8, 4) is 0 Å². The van der Waals surface area contributed by atoms with Crippen LogP contribution in [0.2, 0.25) is 0 Å². The Kier molecular flexibility index (Phi) is 26.8. The molecule has 4 nitrogen and oxygen atoms in total. The number of hydrogen-bond donors (Lipinski definition) is 3. The van der Waals surface area contributed by atoms with Crippen LogP contribution >= 0.6 is 20.2 Å². The molecule has 8 heteroatoms. The first-order chi connectivity index (χ1) is 2.00. The summed E-state index contributed by atoms with van der Waals surface area (Å²) in [6.07, 6.45) is 0. The molecule has 0 aliphatic carbocycles. The summed E-state index contributed by atoms with van der Waals surface area (Å²) in [6.45, 7) is 0. The molecule has 0 saturated carbocycles. The Morgan fingerprint density at radius 2 is 1.12 bits per heavy atom. The SMILES string of the molecule is Cl.O=P(O)(O)O.[Cu].[KH]. The third kappa shape index (κ3) is 74.8. The third-order valence-electron chi connectivity index (χ3n) is 0. The molecule has 0 unspecified atom stereocenters. The Hall–Kier alpha value is 2.56. The first kappa shape index (κ1) is 22.4. The summed E-state index contributed by atoms with van der Waals surface area (Å²) in [5, 5.41) is 0. The Balaban J connectivity index is -0.0000000267. The van der Waals surface area contributed by atoms with Gasteiger partial charge < -0.3 is 14.7 Å². The van der Waals surface area contributed by atoms with Crippen LogP contribution in [0.15, 0.2) is 0 Å². The van der Waals surface area contributed by atoms with Crippen molar-refractivity contribution in [1.29, 1.82) is 0 Å². The Labute approximate surface area is 106 Å². The molecular weight excluding hydrogens is 233 g/mol. The van der Waals surface area contributed by atoms with Crippen LogP contribution < -0.4 is 0 Å². The number of rotatable bonds is 0. The summed E-state index contributed by atoms with van der Waals surface area (Å²) < 4.78 is 8.88. The van der Waals surface area contributed by atoms with Gasteiger partial charge in [0.15, 0.2) is 0 Å². The van der Waals surface area contributed by atoms with Gasteiger partial charge in [0.2, 0.25) is 0 Å². The Morgan fingerprint density at radius 1 is 1.12 bits per heavy atom. The van der Waals surface area contributed by atoms with E-state index in [-0.39, 0.29) is 80.9 Å². The topological polar surface area (TPSA) is 77.8 Å². The van der Waals surface area contributed by atoms with E-state index in [1.165, 1.54) is 0 Å². The monoisotopic (exact) mass is 237 g/mol. The molecule has 0 rings (SSSR count). The zero-order valence-electron chi connectivity index (χ0n) is 2.91. The predicted molar refractivity (Wildman–Crippen MR) is 28.7 cm³/mol. The van der Waals surface area contributed by atoms with Crippen LogP contribution in [-0.2, 0) is 21.6 Å². The number of hydrogen-bond acceptors (Lipinski definition) is 1. The summed E-state index contributed by atoms with van der Waals surface area (Å²) in [4.78, 5) is 21.6. The maximum atomic E-state index is 8.88. The standard InChI is InChI=1S/ClH.Cu.K.H3O4P.H/c;;;1-5(2,3)4;/h1H;;;(H3,1,2,3,4);. The van der Waals surface area contributed by atoms with Crippen LogP contribution in [0.3, 0.4) is 0 Å². The van der Waals surface area contributed by atoms with Crippen molar-refractivity contribution in [2.24, 2.45) is 0 Å². The molecule has 0 spiro atoms. The molecule has 0 aliphatic rings. The molecule has 0 amide bonds. The molecule has 0 aliphatic heterocycles. The molecular formula is H5ClCuKO4P. The van der Waals surface area contributed by atoms with E-state index in [0.717, 1.165) is 0 Å². The molecule has 0 bridgehead atoms. The molecule has 53 valence electrons. The fraction of sp³-hybridized carbons (Fsp3) is 0. The van der Waals surface area contributed by atoms with Crippen LogP contribution in [0.4, 0.5) is 0 Å². The van der Waals surface area contributed by atoms with Crippen LogP contribution in [0.5, 0.6) is 0 Å². The third-order valence-corrected chi connectivity index (χ3v) is 0. The van der Waals surface area contributed by atoms with E-state index < -0.39 is 7.82 Å². The van der Waals surface area contributed by atoms with E-state index in [1.54, 1.807) is 0 Å². The first-order valence-electron chi connectivity index (χ1n) is 0.783. The van der Waals surface area contributed by atoms with Crippen molar-refractivity contribution in [2.75, 3.05) is 0 Å². The van der Waals surface area contributed by atoms with Gasteiger partial charge >= 0.3 is 59.2 Å². The molecule has 0 heterocycles. The van der Waals surface area contributed by atoms with Gasteiger partial charge in [0.05, 0.1) is 0 Å². The van der Waals surface area contributed by atoms with Crippen molar-refractivity contribution >= 4 is 71.6 Å². The summed E-state index contributed by atoms with van der Waals surface area (Å²) in [7, 11) is -4.64. The van der Waals surface area contributed by atoms with Gasteiger partial charge in [0.25, 0.3) is 0 Å². The second-order valence-corrected chi connectivity index (χ2v) is 1.54. The Bertz CT molecular complexity index is 62.2. The molecule has 0 atom stereocenters. The molecule has 0 aromatic heterocycles. The fourth-order valence-electron chi connectivity index (χ4n) is 0. The minimum absolute atomic E-state index is 0. The van der Waals surface area contributed by atoms with E-state index in [2.05, 4.69) is 0 Å². The van der Waals surface area contributed by atoms with Crippen molar-refractivity contribution in [3.63, 3.8) is 0 Å². The molecule has 8 heavy (non-hydrogen) atoms. The van der Waals surface area contributed by atoms with Gasteiger partial charge in [-0.25, -0.2) is 4.57 Å². The van der Waals surface area contributed by atoms with Gasteiger partial charge in [-0.2, -0.15) is 0 Å². The second-order valence-electron chi connectivity index (χ2n) is 0.513. The van der Waals surface area contributed by atoms with Crippen LogP contribution in [-0.4, -0.2) is 66.1 Å². The van der Waals surface area contributed by atoms with Gasteiger partial charge in [0.1, 0.15) is 0 Å². The summed E-state index contributed by atoms with van der Waals surface area (Å²) >= 11 is 0. The zero-order chi connectivity index (χ0) is 4.50. The molecule has 0 saturated heterocycles. The van der Waals surface area contributed by atoms with E-state index in [0.29, 0.717) is 0 Å². The molecule has 1 radical (unpaired) electrons. The summed E-state index contributed by atoms with van der Waals surface area (Å²) in [5.74, 6) is 0. The van der Waals surface area contributed by atoms with Crippen LogP contribution in [0, 0.1) is 0 Å². The normalized spacial score (nSPS) is 7.38. The van der Waals surface area contributed by atoms with E-state index in [1.807, 2.05) is 0 Å². The maximum absolute atomic E-state index is 8.88. The van der Waals surface area contributed by atoms with Crippen LogP contribution in [0.1, 0.15) is 0 Å². The number of phosphoric acid groups is 1. The predicted octanol–water partition coefficient (Wildman–Crippen LogP) is -1.16. The van der Waals surface area contributed by atoms with Gasteiger partial charge in [-0.05, 0) is 0 Å². The molecule has 0 fully saturated rings. The van der Waals surface area contributed by atoms with Crippen molar-refractivity contribution in [3.05, 3.63) is 0 Å². The van der Waals surface area contributed by atoms with Crippen LogP contribution in [0.25, 0.3) is 0 Å². The van der Waals surface area contributed by atoms with E-state index >= 15 is 0 Å². The van der Waals surface area contributed by atoms with Gasteiger partial charge in [0, 0.05) is 17.1 Å². The minimum atomic E-state index is -4.64. The second kappa shape index (κ2) is 9.56. The zero-order valence-corrected chi connectivity index (χ0v) is 5.56. The average Bonchev–Trinajstić information content (AvgIpc) is 0.722. The van der Waals surface area contributed by atoms with E-state index in [4.69, 9.17) is 19.2 Å².